The van der Waals surface area contributed by atoms with Gasteiger partial charge in [0.05, 0.1) is 13.2 Å². The number of fused-ring (bicyclic) bond motifs is 3. The molecule has 1 aromatic heterocycles. The zero-order chi connectivity index (χ0) is 22.9. The van der Waals surface area contributed by atoms with E-state index in [1.807, 2.05) is 30.3 Å². The predicted molar refractivity (Wildman–Crippen MR) is 125 cm³/mol. The molecule has 0 bridgehead atoms. The number of aliphatic hydroxyl groups is 2. The lowest BCUT2D eigenvalue weighted by atomic mass is 9.92. The van der Waals surface area contributed by atoms with Crippen LogP contribution in [0.3, 0.4) is 0 Å². The fourth-order valence-corrected chi connectivity index (χ4v) is 4.52. The molecule has 0 unspecified atom stereocenters. The Hall–Kier alpha value is -2.74. The predicted octanol–water partition coefficient (Wildman–Crippen LogP) is 4.05. The molecule has 3 N–H and O–H groups in total. The van der Waals surface area contributed by atoms with Gasteiger partial charge in [-0.15, -0.1) is 0 Å². The van der Waals surface area contributed by atoms with Gasteiger partial charge in [0.2, 0.25) is 0 Å². The van der Waals surface area contributed by atoms with Crippen molar-refractivity contribution in [1.29, 1.82) is 0 Å². The van der Waals surface area contributed by atoms with Crippen LogP contribution >= 0.6 is 11.6 Å². The van der Waals surface area contributed by atoms with E-state index in [1.54, 1.807) is 17.0 Å². The topological polar surface area (TPSA) is 95.0 Å². The number of aromatic amines is 1. The highest BCUT2D eigenvalue weighted by molar-refractivity contribution is 6.31. The molecule has 1 amide bonds. The molecule has 2 aliphatic rings. The standard InChI is InChI=1S/C25H27ClN2O5/c26-17-5-8-22-21(11-17)20-9-10-28(25(31)33-13-15-1-2-15)24(23(20)27-22)16-3-6-19(7-4-16)32-14-18(30)12-29/h3-8,11,15,18,24,27,29-30H,1-2,9-10,12-14H2/t18-,24+/m1/s1. The number of aliphatic hydroxyl groups excluding tert-OH is 2. The van der Waals surface area contributed by atoms with E-state index >= 15 is 0 Å². The summed E-state index contributed by atoms with van der Waals surface area (Å²) in [5.41, 5.74) is 4.04. The van der Waals surface area contributed by atoms with Gasteiger partial charge in [-0.1, -0.05) is 23.7 Å². The van der Waals surface area contributed by atoms with Crippen LogP contribution < -0.4 is 4.74 Å². The smallest absolute Gasteiger partial charge is 0.410 e. The van der Waals surface area contributed by atoms with Crippen LogP contribution in [0.15, 0.2) is 42.5 Å². The Morgan fingerprint density at radius 2 is 2.00 bits per heavy atom. The third-order valence-electron chi connectivity index (χ3n) is 6.31. The molecule has 2 atom stereocenters. The van der Waals surface area contributed by atoms with E-state index in [0.29, 0.717) is 36.3 Å². The summed E-state index contributed by atoms with van der Waals surface area (Å²) < 4.78 is 11.2. The summed E-state index contributed by atoms with van der Waals surface area (Å²) in [6.07, 6.45) is 1.72. The molecular formula is C25H27ClN2O5. The largest absolute Gasteiger partial charge is 0.491 e. The van der Waals surface area contributed by atoms with Gasteiger partial charge in [0.15, 0.2) is 0 Å². The fraction of sp³-hybridized carbons (Fsp3) is 0.400. The molecular weight excluding hydrogens is 444 g/mol. The van der Waals surface area contributed by atoms with Crippen molar-refractivity contribution >= 4 is 28.6 Å². The van der Waals surface area contributed by atoms with E-state index in [2.05, 4.69) is 4.98 Å². The fourth-order valence-electron chi connectivity index (χ4n) is 4.35. The van der Waals surface area contributed by atoms with Gasteiger partial charge >= 0.3 is 6.09 Å². The van der Waals surface area contributed by atoms with E-state index in [9.17, 15) is 9.90 Å². The van der Waals surface area contributed by atoms with Crippen molar-refractivity contribution in [1.82, 2.24) is 9.88 Å². The second kappa shape index (κ2) is 9.25. The Kier molecular flexibility index (Phi) is 6.19. The molecule has 3 aromatic rings. The molecule has 0 saturated heterocycles. The molecule has 1 aliphatic heterocycles. The minimum Gasteiger partial charge on any atom is -0.491 e. The number of nitrogens with zero attached hydrogens (tertiary/aromatic N) is 1. The normalized spacial score (nSPS) is 18.8. The summed E-state index contributed by atoms with van der Waals surface area (Å²) in [5, 5.41) is 20.2. The van der Waals surface area contributed by atoms with Crippen LogP contribution in [-0.4, -0.2) is 58.7 Å². The maximum Gasteiger partial charge on any atom is 0.410 e. The highest BCUT2D eigenvalue weighted by atomic mass is 35.5. The Bertz CT molecular complexity index is 1140. The SMILES string of the molecule is O=C(OCC1CC1)N1CCc2c([nH]c3ccc(Cl)cc23)[C@@H]1c1ccc(OC[C@H](O)CO)cc1. The first-order valence-corrected chi connectivity index (χ1v) is 11.7. The van der Waals surface area contributed by atoms with Crippen LogP contribution in [0.4, 0.5) is 4.79 Å². The average molecular weight is 471 g/mol. The number of hydrogen-bond donors (Lipinski definition) is 3. The lowest BCUT2D eigenvalue weighted by Gasteiger charge is -2.35. The van der Waals surface area contributed by atoms with Gasteiger partial charge in [-0.2, -0.15) is 0 Å². The maximum absolute atomic E-state index is 13.1. The molecule has 7 nitrogen and oxygen atoms in total. The third kappa shape index (κ3) is 4.67. The Labute approximate surface area is 196 Å². The van der Waals surface area contributed by atoms with Crippen LogP contribution in [0.25, 0.3) is 10.9 Å². The number of carbonyl (C=O) groups is 1. The number of rotatable bonds is 7. The van der Waals surface area contributed by atoms with Crippen molar-refractivity contribution in [2.45, 2.75) is 31.4 Å². The molecule has 8 heteroatoms. The van der Waals surface area contributed by atoms with E-state index in [4.69, 9.17) is 26.2 Å². The number of halogens is 1. The zero-order valence-electron chi connectivity index (χ0n) is 18.2. The van der Waals surface area contributed by atoms with Crippen molar-refractivity contribution in [3.8, 4) is 5.75 Å². The summed E-state index contributed by atoms with van der Waals surface area (Å²) in [4.78, 5) is 18.4. The van der Waals surface area contributed by atoms with Crippen molar-refractivity contribution in [2.24, 2.45) is 5.92 Å². The summed E-state index contributed by atoms with van der Waals surface area (Å²) in [5.74, 6) is 1.07. The first kappa shape index (κ1) is 22.1. The molecule has 1 aliphatic carbocycles. The van der Waals surface area contributed by atoms with Crippen molar-refractivity contribution in [3.63, 3.8) is 0 Å². The first-order valence-electron chi connectivity index (χ1n) is 11.3. The van der Waals surface area contributed by atoms with E-state index in [-0.39, 0.29) is 25.3 Å². The second-order valence-electron chi connectivity index (χ2n) is 8.79. The first-order chi connectivity index (χ1) is 16.0. The van der Waals surface area contributed by atoms with Gasteiger partial charge in [0, 0.05) is 28.2 Å². The van der Waals surface area contributed by atoms with Gasteiger partial charge in [0.25, 0.3) is 0 Å². The maximum atomic E-state index is 13.1. The molecule has 33 heavy (non-hydrogen) atoms. The lowest BCUT2D eigenvalue weighted by Crippen LogP contribution is -2.41. The average Bonchev–Trinajstić information content (AvgIpc) is 3.60. The highest BCUT2D eigenvalue weighted by Crippen LogP contribution is 2.40. The summed E-state index contributed by atoms with van der Waals surface area (Å²) in [7, 11) is 0. The Morgan fingerprint density at radius 1 is 1.21 bits per heavy atom. The minimum absolute atomic E-state index is 0.00577. The number of H-pyrrole nitrogens is 1. The molecule has 0 spiro atoms. The van der Waals surface area contributed by atoms with Gasteiger partial charge in [-0.3, -0.25) is 4.90 Å². The quantitative estimate of drug-likeness (QED) is 0.484. The van der Waals surface area contributed by atoms with Crippen LogP contribution in [0, 0.1) is 5.92 Å². The molecule has 174 valence electrons. The number of hydrogen-bond acceptors (Lipinski definition) is 5. The number of nitrogens with one attached hydrogen (secondary N) is 1. The minimum atomic E-state index is -0.930. The molecule has 2 heterocycles. The van der Waals surface area contributed by atoms with Crippen molar-refractivity contribution < 1.29 is 24.5 Å². The van der Waals surface area contributed by atoms with Crippen molar-refractivity contribution in [2.75, 3.05) is 26.4 Å². The molecule has 1 saturated carbocycles. The van der Waals surface area contributed by atoms with E-state index < -0.39 is 6.10 Å². The third-order valence-corrected chi connectivity index (χ3v) is 6.55. The van der Waals surface area contributed by atoms with Gasteiger partial charge in [-0.05, 0) is 66.6 Å². The molecule has 2 aromatic carbocycles. The number of amides is 1. The second-order valence-corrected chi connectivity index (χ2v) is 9.23. The number of carbonyl (C=O) groups excluding carboxylic acids is 1. The summed E-state index contributed by atoms with van der Waals surface area (Å²) >= 11 is 6.26. The number of aromatic nitrogens is 1. The van der Waals surface area contributed by atoms with Crippen LogP contribution in [-0.2, 0) is 11.2 Å². The monoisotopic (exact) mass is 470 g/mol. The summed E-state index contributed by atoms with van der Waals surface area (Å²) in [6.45, 7) is 0.663. The van der Waals surface area contributed by atoms with Gasteiger partial charge in [-0.25, -0.2) is 4.79 Å². The molecule has 0 radical (unpaired) electrons. The van der Waals surface area contributed by atoms with Crippen molar-refractivity contribution in [3.05, 3.63) is 64.3 Å². The van der Waals surface area contributed by atoms with Gasteiger partial charge < -0.3 is 24.7 Å². The molecule has 5 rings (SSSR count). The van der Waals surface area contributed by atoms with E-state index in [1.165, 1.54) is 0 Å². The van der Waals surface area contributed by atoms with Gasteiger partial charge in [0.1, 0.15) is 24.5 Å². The van der Waals surface area contributed by atoms with E-state index in [0.717, 1.165) is 40.6 Å². The zero-order valence-corrected chi connectivity index (χ0v) is 18.9. The molecule has 1 fully saturated rings. The van der Waals surface area contributed by atoms with Crippen LogP contribution in [0.5, 0.6) is 5.75 Å². The Balaban J connectivity index is 1.47. The Morgan fingerprint density at radius 3 is 2.73 bits per heavy atom. The number of ether oxygens (including phenoxy) is 2. The van der Waals surface area contributed by atoms with Crippen LogP contribution in [0.1, 0.15) is 35.7 Å². The lowest BCUT2D eigenvalue weighted by molar-refractivity contribution is 0.0536. The van der Waals surface area contributed by atoms with Crippen LogP contribution in [0.2, 0.25) is 5.02 Å². The summed E-state index contributed by atoms with van der Waals surface area (Å²) in [6, 6.07) is 12.9. The number of benzene rings is 2. The highest BCUT2D eigenvalue weighted by Gasteiger charge is 2.36.